The molecule has 0 radical (unpaired) electrons. The van der Waals surface area contributed by atoms with E-state index in [1.165, 1.54) is 37.7 Å². The van der Waals surface area contributed by atoms with Gasteiger partial charge in [0.15, 0.2) is 17.5 Å². The van der Waals surface area contributed by atoms with Crippen LogP contribution in [0.4, 0.5) is 0 Å². The molecule has 0 fully saturated rings. The molecule has 13 rings (SSSR count). The van der Waals surface area contributed by atoms with E-state index in [-0.39, 0.29) is 0 Å². The predicted molar refractivity (Wildman–Crippen MR) is 246 cm³/mol. The van der Waals surface area contributed by atoms with Crippen molar-refractivity contribution in [2.24, 2.45) is 0 Å². The number of aromatic nitrogens is 3. The molecule has 2 heterocycles. The van der Waals surface area contributed by atoms with Crippen molar-refractivity contribution in [3.8, 4) is 34.2 Å². The summed E-state index contributed by atoms with van der Waals surface area (Å²) in [4.78, 5) is 16.3. The Hall–Kier alpha value is -7.95. The van der Waals surface area contributed by atoms with E-state index in [9.17, 15) is 0 Å². The number of furan rings is 1. The standard InChI is InChI=1S/C55H31N3O/c1-2-14-33-29-36(26-25-32(33)13-1)53-56-54(47-30-34-15-3-5-17-37(34)39-19-7-10-23-43(39)47)58-55(57-53)51-38-18-6-4-16-35(38)31-48-50(51)46-28-27-45-42-22-9-8-20-40(42)41-21-11-12-24-44(41)49(45)52(46)59-48/h1-31H. The van der Waals surface area contributed by atoms with E-state index in [2.05, 4.69) is 188 Å². The number of benzene rings is 11. The molecule has 4 heteroatoms. The van der Waals surface area contributed by atoms with Crippen LogP contribution in [-0.2, 0) is 0 Å². The summed E-state index contributed by atoms with van der Waals surface area (Å²) in [6, 6.07) is 66.7. The Morgan fingerprint density at radius 1 is 0.305 bits per heavy atom. The number of fused-ring (bicyclic) bond motifs is 15. The summed E-state index contributed by atoms with van der Waals surface area (Å²) in [5.74, 6) is 1.84. The molecule has 13 aromatic rings. The summed E-state index contributed by atoms with van der Waals surface area (Å²) >= 11 is 0. The number of nitrogens with zero attached hydrogens (tertiary/aromatic N) is 3. The minimum atomic E-state index is 0.600. The normalized spacial score (nSPS) is 12.1. The summed E-state index contributed by atoms with van der Waals surface area (Å²) in [7, 11) is 0. The minimum absolute atomic E-state index is 0.600. The highest BCUT2D eigenvalue weighted by Gasteiger charge is 2.24. The Morgan fingerprint density at radius 3 is 1.56 bits per heavy atom. The van der Waals surface area contributed by atoms with E-state index in [0.29, 0.717) is 17.5 Å². The molecule has 59 heavy (non-hydrogen) atoms. The highest BCUT2D eigenvalue weighted by atomic mass is 16.3. The van der Waals surface area contributed by atoms with E-state index in [1.54, 1.807) is 0 Å². The molecule has 0 spiro atoms. The lowest BCUT2D eigenvalue weighted by Gasteiger charge is -2.14. The largest absolute Gasteiger partial charge is 0.455 e. The fourth-order valence-electron chi connectivity index (χ4n) is 9.58. The van der Waals surface area contributed by atoms with Gasteiger partial charge in [-0.05, 0) is 94.3 Å². The first-order valence-electron chi connectivity index (χ1n) is 20.0. The average Bonchev–Trinajstić information content (AvgIpc) is 3.68. The monoisotopic (exact) mass is 749 g/mol. The van der Waals surface area contributed by atoms with Gasteiger partial charge in [0.1, 0.15) is 11.2 Å². The van der Waals surface area contributed by atoms with Gasteiger partial charge in [-0.25, -0.2) is 15.0 Å². The maximum atomic E-state index is 7.11. The van der Waals surface area contributed by atoms with E-state index in [1.807, 2.05) is 0 Å². The highest BCUT2D eigenvalue weighted by molar-refractivity contribution is 6.33. The molecule has 0 unspecified atom stereocenters. The second-order valence-corrected chi connectivity index (χ2v) is 15.5. The van der Waals surface area contributed by atoms with Gasteiger partial charge in [-0.1, -0.05) is 164 Å². The van der Waals surface area contributed by atoms with Crippen LogP contribution in [0.5, 0.6) is 0 Å². The van der Waals surface area contributed by atoms with Gasteiger partial charge in [0, 0.05) is 32.8 Å². The molecule has 0 aliphatic rings. The molecular weight excluding hydrogens is 719 g/mol. The second-order valence-electron chi connectivity index (χ2n) is 15.5. The molecular formula is C55H31N3O. The van der Waals surface area contributed by atoms with Crippen LogP contribution >= 0.6 is 0 Å². The molecule has 0 amide bonds. The van der Waals surface area contributed by atoms with Crippen molar-refractivity contribution in [1.29, 1.82) is 0 Å². The summed E-state index contributed by atoms with van der Waals surface area (Å²) in [5, 5.41) is 18.1. The zero-order valence-corrected chi connectivity index (χ0v) is 31.6. The van der Waals surface area contributed by atoms with Crippen molar-refractivity contribution in [1.82, 2.24) is 15.0 Å². The first kappa shape index (κ1) is 32.2. The van der Waals surface area contributed by atoms with Gasteiger partial charge in [-0.2, -0.15) is 0 Å². The van der Waals surface area contributed by atoms with E-state index in [0.717, 1.165) is 76.3 Å². The van der Waals surface area contributed by atoms with Crippen molar-refractivity contribution >= 4 is 97.3 Å². The van der Waals surface area contributed by atoms with Crippen molar-refractivity contribution in [3.63, 3.8) is 0 Å². The smallest absolute Gasteiger partial charge is 0.165 e. The zero-order chi connectivity index (χ0) is 38.6. The first-order chi connectivity index (χ1) is 29.2. The van der Waals surface area contributed by atoms with Crippen LogP contribution in [0.3, 0.4) is 0 Å². The summed E-state index contributed by atoms with van der Waals surface area (Å²) in [5.41, 5.74) is 4.47. The maximum Gasteiger partial charge on any atom is 0.165 e. The summed E-state index contributed by atoms with van der Waals surface area (Å²) in [6.45, 7) is 0. The topological polar surface area (TPSA) is 51.8 Å². The van der Waals surface area contributed by atoms with Crippen LogP contribution in [0.15, 0.2) is 192 Å². The Balaban J connectivity index is 1.18. The van der Waals surface area contributed by atoms with Gasteiger partial charge >= 0.3 is 0 Å². The van der Waals surface area contributed by atoms with Crippen LogP contribution < -0.4 is 0 Å². The maximum absolute atomic E-state index is 7.11. The van der Waals surface area contributed by atoms with Crippen molar-refractivity contribution < 1.29 is 4.42 Å². The van der Waals surface area contributed by atoms with Gasteiger partial charge in [-0.15, -0.1) is 0 Å². The molecule has 272 valence electrons. The molecule has 0 bridgehead atoms. The quantitative estimate of drug-likeness (QED) is 0.169. The molecule has 0 aliphatic carbocycles. The fraction of sp³-hybridized carbons (Fsp3) is 0. The van der Waals surface area contributed by atoms with Crippen LogP contribution in [-0.4, -0.2) is 15.0 Å². The van der Waals surface area contributed by atoms with Crippen molar-refractivity contribution in [3.05, 3.63) is 188 Å². The molecule has 0 atom stereocenters. The Bertz CT molecular complexity index is 3880. The zero-order valence-electron chi connectivity index (χ0n) is 31.6. The lowest BCUT2D eigenvalue weighted by molar-refractivity contribution is 0.673. The van der Waals surface area contributed by atoms with E-state index < -0.39 is 0 Å². The minimum Gasteiger partial charge on any atom is -0.455 e. The Morgan fingerprint density at radius 2 is 0.814 bits per heavy atom. The fourth-order valence-corrected chi connectivity index (χ4v) is 9.58. The molecule has 0 saturated heterocycles. The van der Waals surface area contributed by atoms with Crippen LogP contribution in [0.2, 0.25) is 0 Å². The van der Waals surface area contributed by atoms with Gasteiger partial charge in [0.25, 0.3) is 0 Å². The molecule has 11 aromatic carbocycles. The third kappa shape index (κ3) is 4.75. The number of rotatable bonds is 3. The van der Waals surface area contributed by atoms with Crippen LogP contribution in [0, 0.1) is 0 Å². The average molecular weight is 750 g/mol. The molecule has 2 aromatic heterocycles. The third-order valence-corrected chi connectivity index (χ3v) is 12.2. The van der Waals surface area contributed by atoms with Gasteiger partial charge in [0.2, 0.25) is 0 Å². The van der Waals surface area contributed by atoms with E-state index >= 15 is 0 Å². The molecule has 4 nitrogen and oxygen atoms in total. The van der Waals surface area contributed by atoms with Crippen molar-refractivity contribution in [2.75, 3.05) is 0 Å². The third-order valence-electron chi connectivity index (χ3n) is 12.2. The predicted octanol–water partition coefficient (Wildman–Crippen LogP) is 14.8. The van der Waals surface area contributed by atoms with Crippen LogP contribution in [0.25, 0.3) is 132 Å². The lowest BCUT2D eigenvalue weighted by atomic mass is 9.92. The number of hydrogen-bond acceptors (Lipinski definition) is 4. The van der Waals surface area contributed by atoms with Crippen LogP contribution in [0.1, 0.15) is 0 Å². The molecule has 0 N–H and O–H groups in total. The summed E-state index contributed by atoms with van der Waals surface area (Å²) < 4.78 is 7.11. The van der Waals surface area contributed by atoms with Gasteiger partial charge < -0.3 is 4.42 Å². The van der Waals surface area contributed by atoms with Crippen molar-refractivity contribution in [2.45, 2.75) is 0 Å². The first-order valence-corrected chi connectivity index (χ1v) is 20.0. The van der Waals surface area contributed by atoms with Gasteiger partial charge in [0.05, 0.1) is 0 Å². The molecule has 0 aliphatic heterocycles. The summed E-state index contributed by atoms with van der Waals surface area (Å²) in [6.07, 6.45) is 0. The Labute approximate surface area is 337 Å². The lowest BCUT2D eigenvalue weighted by Crippen LogP contribution is -2.01. The number of hydrogen-bond donors (Lipinski definition) is 0. The highest BCUT2D eigenvalue weighted by Crippen LogP contribution is 2.46. The Kier molecular flexibility index (Phi) is 6.69. The van der Waals surface area contributed by atoms with E-state index in [4.69, 9.17) is 19.4 Å². The SMILES string of the molecule is c1ccc2cc(-c3nc(-c4cc5ccccc5c5ccccc45)nc(-c4c5ccccc5cc5oc6c(ccc7c8ccccc8c8ccccc8c76)c45)n3)ccc2c1. The molecule has 0 saturated carbocycles. The van der Waals surface area contributed by atoms with Gasteiger partial charge in [-0.3, -0.25) is 0 Å². The second kappa shape index (κ2) is 12.3.